The maximum absolute atomic E-state index is 13.4. The molecule has 2 amide bonds. The molecular weight excluding hydrogens is 289 g/mol. The predicted octanol–water partition coefficient (Wildman–Crippen LogP) is 0.691. The molecule has 0 bridgehead atoms. The zero-order valence-electron chi connectivity index (χ0n) is 12.2. The molecule has 1 aromatic carbocycles. The number of hydrogen-bond donors (Lipinski definition) is 3. The molecule has 0 unspecified atom stereocenters. The van der Waals surface area contributed by atoms with Gasteiger partial charge in [0.1, 0.15) is 23.7 Å². The third-order valence-electron chi connectivity index (χ3n) is 3.84. The van der Waals surface area contributed by atoms with Crippen molar-refractivity contribution in [2.45, 2.75) is 31.2 Å². The summed E-state index contributed by atoms with van der Waals surface area (Å²) >= 11 is 0. The van der Waals surface area contributed by atoms with E-state index in [4.69, 9.17) is 16.2 Å². The van der Waals surface area contributed by atoms with Crippen LogP contribution in [0, 0.1) is 5.82 Å². The van der Waals surface area contributed by atoms with Crippen molar-refractivity contribution in [1.29, 1.82) is 0 Å². The van der Waals surface area contributed by atoms with Crippen LogP contribution in [0.5, 0.6) is 5.75 Å². The largest absolute Gasteiger partial charge is 0.491 e. The molecule has 6 nitrogen and oxygen atoms in total. The van der Waals surface area contributed by atoms with Crippen molar-refractivity contribution in [1.82, 2.24) is 5.32 Å². The molecule has 1 aliphatic carbocycles. The fraction of sp³-hybridized carbons (Fsp3) is 0.467. The highest BCUT2D eigenvalue weighted by atomic mass is 19.1. The molecule has 2 rings (SSSR count). The van der Waals surface area contributed by atoms with E-state index < -0.39 is 23.2 Å². The Bertz CT molecular complexity index is 571. The second kappa shape index (κ2) is 6.74. The van der Waals surface area contributed by atoms with E-state index in [1.54, 1.807) is 0 Å². The van der Waals surface area contributed by atoms with Crippen molar-refractivity contribution in [3.63, 3.8) is 0 Å². The summed E-state index contributed by atoms with van der Waals surface area (Å²) < 4.78 is 18.8. The number of halogens is 1. The monoisotopic (exact) mass is 309 g/mol. The van der Waals surface area contributed by atoms with Crippen LogP contribution in [-0.4, -0.2) is 30.5 Å². The van der Waals surface area contributed by atoms with Gasteiger partial charge in [0.15, 0.2) is 0 Å². The van der Waals surface area contributed by atoms with Crippen molar-refractivity contribution in [3.8, 4) is 5.75 Å². The van der Waals surface area contributed by atoms with Gasteiger partial charge in [0.25, 0.3) is 5.91 Å². The Kier molecular flexibility index (Phi) is 4.97. The van der Waals surface area contributed by atoms with Crippen LogP contribution in [0.4, 0.5) is 4.39 Å². The normalized spacial score (nSPS) is 16.3. The topological polar surface area (TPSA) is 107 Å². The van der Waals surface area contributed by atoms with E-state index in [0.717, 1.165) is 18.9 Å². The molecule has 0 saturated heterocycles. The zero-order chi connectivity index (χ0) is 16.2. The van der Waals surface area contributed by atoms with Gasteiger partial charge in [-0.25, -0.2) is 4.39 Å². The Balaban J connectivity index is 2.24. The minimum Gasteiger partial charge on any atom is -0.491 e. The van der Waals surface area contributed by atoms with Gasteiger partial charge in [0.2, 0.25) is 5.91 Å². The van der Waals surface area contributed by atoms with Gasteiger partial charge in [-0.3, -0.25) is 9.59 Å². The summed E-state index contributed by atoms with van der Waals surface area (Å²) in [5.41, 5.74) is 9.76. The third-order valence-corrected chi connectivity index (χ3v) is 3.84. The lowest BCUT2D eigenvalue weighted by Crippen LogP contribution is -2.55. The average molecular weight is 309 g/mol. The van der Waals surface area contributed by atoms with Crippen molar-refractivity contribution >= 4 is 11.8 Å². The highest BCUT2D eigenvalue weighted by Crippen LogP contribution is 2.30. The van der Waals surface area contributed by atoms with Crippen LogP contribution in [0.1, 0.15) is 36.0 Å². The Morgan fingerprint density at radius 3 is 2.59 bits per heavy atom. The number of nitrogens with two attached hydrogens (primary N) is 2. The lowest BCUT2D eigenvalue weighted by atomic mass is 9.96. The number of primary amides is 1. The zero-order valence-corrected chi connectivity index (χ0v) is 12.2. The number of benzene rings is 1. The second-order valence-electron chi connectivity index (χ2n) is 5.39. The molecule has 0 atom stereocenters. The third kappa shape index (κ3) is 3.36. The summed E-state index contributed by atoms with van der Waals surface area (Å²) in [7, 11) is 0. The van der Waals surface area contributed by atoms with Gasteiger partial charge in [-0.15, -0.1) is 0 Å². The van der Waals surface area contributed by atoms with Gasteiger partial charge in [0.05, 0.1) is 5.56 Å². The average Bonchev–Trinajstić information content (AvgIpc) is 2.95. The molecule has 5 N–H and O–H groups in total. The second-order valence-corrected chi connectivity index (χ2v) is 5.39. The number of ether oxygens (including phenoxy) is 1. The Morgan fingerprint density at radius 2 is 2.00 bits per heavy atom. The minimum atomic E-state index is -1.06. The summed E-state index contributed by atoms with van der Waals surface area (Å²) in [6, 6.07) is 3.64. The molecule has 22 heavy (non-hydrogen) atoms. The fourth-order valence-corrected chi connectivity index (χ4v) is 2.67. The standard InChI is InChI=1S/C15H20FN3O3/c16-10-3-4-12(22-8-7-17)11(9-10)13(20)19-15(14(18)21)5-1-2-6-15/h3-4,9H,1-2,5-8,17H2,(H2,18,21)(H,19,20). The first-order chi connectivity index (χ1) is 10.5. The van der Waals surface area contributed by atoms with Gasteiger partial charge < -0.3 is 21.5 Å². The number of carbonyl (C=O) groups is 2. The highest BCUT2D eigenvalue weighted by Gasteiger charge is 2.41. The first kappa shape index (κ1) is 16.2. The molecule has 1 fully saturated rings. The van der Waals surface area contributed by atoms with E-state index in [2.05, 4.69) is 5.32 Å². The molecule has 120 valence electrons. The summed E-state index contributed by atoms with van der Waals surface area (Å²) in [6.07, 6.45) is 2.59. The van der Waals surface area contributed by atoms with E-state index in [-0.39, 0.29) is 24.5 Å². The number of nitrogens with one attached hydrogen (secondary N) is 1. The first-order valence-electron chi connectivity index (χ1n) is 7.23. The van der Waals surface area contributed by atoms with Crippen LogP contribution < -0.4 is 21.5 Å². The molecule has 1 saturated carbocycles. The maximum atomic E-state index is 13.4. The number of hydrogen-bond acceptors (Lipinski definition) is 4. The van der Waals surface area contributed by atoms with E-state index in [1.807, 2.05) is 0 Å². The fourth-order valence-electron chi connectivity index (χ4n) is 2.67. The van der Waals surface area contributed by atoms with Crippen LogP contribution >= 0.6 is 0 Å². The number of rotatable bonds is 6. The molecule has 0 heterocycles. The van der Waals surface area contributed by atoms with E-state index in [0.29, 0.717) is 12.8 Å². The van der Waals surface area contributed by atoms with Crippen molar-refractivity contribution in [2.24, 2.45) is 11.5 Å². The van der Waals surface area contributed by atoms with Gasteiger partial charge in [-0.1, -0.05) is 12.8 Å². The first-order valence-corrected chi connectivity index (χ1v) is 7.23. The van der Waals surface area contributed by atoms with E-state index >= 15 is 0 Å². The molecule has 0 aromatic heterocycles. The van der Waals surface area contributed by atoms with E-state index in [9.17, 15) is 14.0 Å². The molecule has 0 aliphatic heterocycles. The maximum Gasteiger partial charge on any atom is 0.256 e. The molecule has 0 spiro atoms. The summed E-state index contributed by atoms with van der Waals surface area (Å²) in [6.45, 7) is 0.469. The highest BCUT2D eigenvalue weighted by molar-refractivity contribution is 6.01. The molecule has 1 aliphatic rings. The van der Waals surface area contributed by atoms with E-state index in [1.165, 1.54) is 12.1 Å². The molecular formula is C15H20FN3O3. The van der Waals surface area contributed by atoms with Crippen molar-refractivity contribution < 1.29 is 18.7 Å². The van der Waals surface area contributed by atoms with Crippen LogP contribution in [0.3, 0.4) is 0 Å². The quantitative estimate of drug-likeness (QED) is 0.718. The van der Waals surface area contributed by atoms with Gasteiger partial charge in [-0.05, 0) is 31.0 Å². The smallest absolute Gasteiger partial charge is 0.256 e. The number of amides is 2. The lowest BCUT2D eigenvalue weighted by molar-refractivity contribution is -0.123. The molecule has 1 aromatic rings. The van der Waals surface area contributed by atoms with Crippen LogP contribution in [-0.2, 0) is 4.79 Å². The molecule has 0 radical (unpaired) electrons. The predicted molar refractivity (Wildman–Crippen MR) is 78.8 cm³/mol. The van der Waals surface area contributed by atoms with Crippen LogP contribution in [0.25, 0.3) is 0 Å². The van der Waals surface area contributed by atoms with Gasteiger partial charge in [-0.2, -0.15) is 0 Å². The minimum absolute atomic E-state index is 0.0287. The van der Waals surface area contributed by atoms with Gasteiger partial charge >= 0.3 is 0 Å². The summed E-state index contributed by atoms with van der Waals surface area (Å²) in [5, 5.41) is 2.66. The Hall–Kier alpha value is -2.15. The van der Waals surface area contributed by atoms with Crippen molar-refractivity contribution in [2.75, 3.05) is 13.2 Å². The van der Waals surface area contributed by atoms with Crippen molar-refractivity contribution in [3.05, 3.63) is 29.6 Å². The van der Waals surface area contributed by atoms with Crippen LogP contribution in [0.2, 0.25) is 0 Å². The SMILES string of the molecule is NCCOc1ccc(F)cc1C(=O)NC1(C(N)=O)CCCC1. The number of carbonyl (C=O) groups excluding carboxylic acids is 2. The molecule has 7 heteroatoms. The lowest BCUT2D eigenvalue weighted by Gasteiger charge is -2.27. The van der Waals surface area contributed by atoms with Crippen LogP contribution in [0.15, 0.2) is 18.2 Å². The van der Waals surface area contributed by atoms with Gasteiger partial charge in [0, 0.05) is 6.54 Å². The Labute approximate surface area is 128 Å². The Morgan fingerprint density at radius 1 is 1.32 bits per heavy atom. The summed E-state index contributed by atoms with van der Waals surface area (Å²) in [4.78, 5) is 24.1. The summed E-state index contributed by atoms with van der Waals surface area (Å²) in [5.74, 6) is -1.49.